The van der Waals surface area contributed by atoms with Gasteiger partial charge in [-0.05, 0) is 80.6 Å². The predicted octanol–water partition coefficient (Wildman–Crippen LogP) is 5.03. The summed E-state index contributed by atoms with van der Waals surface area (Å²) in [6.45, 7) is 0. The summed E-state index contributed by atoms with van der Waals surface area (Å²) < 4.78 is 5.10. The third kappa shape index (κ3) is 3.92. The average Bonchev–Trinajstić information content (AvgIpc) is 3.08. The topological polar surface area (TPSA) is 58.9 Å². The molecule has 29 heavy (non-hydrogen) atoms. The first-order valence-corrected chi connectivity index (χ1v) is 11.1. The summed E-state index contributed by atoms with van der Waals surface area (Å²) in [6, 6.07) is 10.6. The lowest BCUT2D eigenvalue weighted by molar-refractivity contribution is -0.168. The van der Waals surface area contributed by atoms with E-state index in [9.17, 15) is 9.90 Å². The van der Waals surface area contributed by atoms with Crippen LogP contribution in [0, 0.1) is 16.7 Å². The SMILES string of the molecule is COC(=O)C12CCC(C(O)CC(c3ccccc3)C3CC=CN=CC3)(CC1)CC2. The summed E-state index contributed by atoms with van der Waals surface area (Å²) in [5.74, 6) is 0.711. The minimum absolute atomic E-state index is 0.0442. The van der Waals surface area contributed by atoms with Crippen LogP contribution in [0.3, 0.4) is 0 Å². The van der Waals surface area contributed by atoms with Crippen molar-refractivity contribution < 1.29 is 14.6 Å². The molecule has 3 saturated carbocycles. The number of carbonyl (C=O) groups excluding carboxylic acids is 1. The van der Waals surface area contributed by atoms with Crippen LogP contribution in [0.25, 0.3) is 0 Å². The number of benzene rings is 1. The molecule has 156 valence electrons. The number of aliphatic hydroxyl groups is 1. The maximum atomic E-state index is 12.3. The van der Waals surface area contributed by atoms with Crippen LogP contribution in [0.5, 0.6) is 0 Å². The molecule has 1 aromatic rings. The minimum Gasteiger partial charge on any atom is -0.469 e. The molecular formula is C25H33NO3. The summed E-state index contributed by atoms with van der Waals surface area (Å²) in [4.78, 5) is 16.6. The average molecular weight is 396 g/mol. The fourth-order valence-corrected chi connectivity index (χ4v) is 6.01. The van der Waals surface area contributed by atoms with Gasteiger partial charge in [0.05, 0.1) is 18.6 Å². The maximum Gasteiger partial charge on any atom is 0.311 e. The lowest BCUT2D eigenvalue weighted by Crippen LogP contribution is -2.51. The van der Waals surface area contributed by atoms with Gasteiger partial charge >= 0.3 is 5.97 Å². The summed E-state index contributed by atoms with van der Waals surface area (Å²) >= 11 is 0. The Hall–Kier alpha value is -1.94. The highest BCUT2D eigenvalue weighted by Gasteiger charge is 2.55. The van der Waals surface area contributed by atoms with Crippen molar-refractivity contribution in [2.45, 2.75) is 69.8 Å². The molecule has 4 aliphatic rings. The number of carbonyl (C=O) groups is 1. The molecule has 1 N–H and O–H groups in total. The van der Waals surface area contributed by atoms with E-state index in [1.807, 2.05) is 12.4 Å². The highest BCUT2D eigenvalue weighted by molar-refractivity contribution is 5.77. The summed E-state index contributed by atoms with van der Waals surface area (Å²) in [7, 11) is 1.50. The molecule has 5 rings (SSSR count). The number of aliphatic hydroxyl groups excluding tert-OH is 1. The van der Waals surface area contributed by atoms with Crippen molar-refractivity contribution >= 4 is 12.2 Å². The highest BCUT2D eigenvalue weighted by Crippen LogP contribution is 2.59. The number of ether oxygens (including phenoxy) is 1. The summed E-state index contributed by atoms with van der Waals surface area (Å²) in [6.07, 6.45) is 13.8. The molecule has 3 fully saturated rings. The van der Waals surface area contributed by atoms with E-state index in [1.54, 1.807) is 0 Å². The van der Waals surface area contributed by atoms with Gasteiger partial charge in [-0.25, -0.2) is 0 Å². The molecule has 4 nitrogen and oxygen atoms in total. The monoisotopic (exact) mass is 395 g/mol. The second kappa shape index (κ2) is 8.43. The highest BCUT2D eigenvalue weighted by atomic mass is 16.5. The summed E-state index contributed by atoms with van der Waals surface area (Å²) in [5, 5.41) is 11.5. The van der Waals surface area contributed by atoms with Crippen molar-refractivity contribution in [3.05, 3.63) is 48.2 Å². The number of methoxy groups -OCH3 is 1. The zero-order valence-electron chi connectivity index (χ0n) is 17.4. The van der Waals surface area contributed by atoms with E-state index in [4.69, 9.17) is 4.74 Å². The Balaban J connectivity index is 1.52. The normalized spacial score (nSPS) is 33.1. The van der Waals surface area contributed by atoms with Crippen LogP contribution in [0.4, 0.5) is 0 Å². The van der Waals surface area contributed by atoms with Crippen molar-refractivity contribution in [2.24, 2.45) is 21.7 Å². The van der Waals surface area contributed by atoms with Crippen molar-refractivity contribution in [1.29, 1.82) is 0 Å². The largest absolute Gasteiger partial charge is 0.469 e. The van der Waals surface area contributed by atoms with Gasteiger partial charge in [0.2, 0.25) is 0 Å². The fourth-order valence-electron chi connectivity index (χ4n) is 6.01. The van der Waals surface area contributed by atoms with Gasteiger partial charge in [-0.3, -0.25) is 9.79 Å². The van der Waals surface area contributed by atoms with Crippen LogP contribution in [0.2, 0.25) is 0 Å². The third-order valence-corrected chi connectivity index (χ3v) is 8.05. The zero-order valence-corrected chi connectivity index (χ0v) is 17.4. The van der Waals surface area contributed by atoms with E-state index in [2.05, 4.69) is 41.4 Å². The lowest BCUT2D eigenvalue weighted by atomic mass is 9.51. The van der Waals surface area contributed by atoms with Gasteiger partial charge in [0, 0.05) is 12.4 Å². The Morgan fingerprint density at radius 1 is 1.14 bits per heavy atom. The Labute approximate surface area is 174 Å². The van der Waals surface area contributed by atoms with Gasteiger partial charge in [0.15, 0.2) is 0 Å². The van der Waals surface area contributed by atoms with Gasteiger partial charge in [-0.1, -0.05) is 36.4 Å². The number of allylic oxidation sites excluding steroid dienone is 1. The molecule has 0 amide bonds. The second-order valence-corrected chi connectivity index (χ2v) is 9.35. The van der Waals surface area contributed by atoms with E-state index in [-0.39, 0.29) is 22.9 Å². The van der Waals surface area contributed by atoms with Crippen LogP contribution in [0.1, 0.15) is 69.3 Å². The molecule has 3 atom stereocenters. The van der Waals surface area contributed by atoms with Crippen molar-refractivity contribution in [3.63, 3.8) is 0 Å². The van der Waals surface area contributed by atoms with Crippen LogP contribution in [-0.2, 0) is 9.53 Å². The molecule has 0 radical (unpaired) electrons. The molecule has 0 aromatic heterocycles. The quantitative estimate of drug-likeness (QED) is 0.687. The van der Waals surface area contributed by atoms with E-state index >= 15 is 0 Å². The molecule has 0 saturated heterocycles. The molecule has 0 spiro atoms. The first kappa shape index (κ1) is 20.3. The lowest BCUT2D eigenvalue weighted by Gasteiger charge is -2.54. The predicted molar refractivity (Wildman–Crippen MR) is 115 cm³/mol. The standard InChI is InChI=1S/C25H33NO3/c1-29-23(28)25-13-10-24(11-14-25,12-15-25)22(27)18-21(19-6-3-2-4-7-19)20-8-5-16-26-17-9-20/h2-7,16-17,20-22,27H,8-15,18H2,1H3. The van der Waals surface area contributed by atoms with Gasteiger partial charge in [0.25, 0.3) is 0 Å². The van der Waals surface area contributed by atoms with Crippen molar-refractivity contribution in [3.8, 4) is 0 Å². The van der Waals surface area contributed by atoms with Gasteiger partial charge in [0.1, 0.15) is 0 Å². The second-order valence-electron chi connectivity index (χ2n) is 9.35. The van der Waals surface area contributed by atoms with E-state index in [0.717, 1.165) is 57.8 Å². The van der Waals surface area contributed by atoms with Crippen LogP contribution >= 0.6 is 0 Å². The third-order valence-electron chi connectivity index (χ3n) is 8.05. The Morgan fingerprint density at radius 3 is 2.48 bits per heavy atom. The molecule has 1 heterocycles. The molecule has 2 bridgehead atoms. The number of aliphatic imine (C=N–C) groups is 1. The zero-order chi connectivity index (χ0) is 20.3. The van der Waals surface area contributed by atoms with Crippen LogP contribution in [-0.4, -0.2) is 30.5 Å². The first-order valence-electron chi connectivity index (χ1n) is 11.1. The first-order chi connectivity index (χ1) is 14.1. The minimum atomic E-state index is -0.340. The van der Waals surface area contributed by atoms with E-state index in [0.29, 0.717) is 11.8 Å². The number of nitrogens with zero attached hydrogens (tertiary/aromatic N) is 1. The van der Waals surface area contributed by atoms with Crippen molar-refractivity contribution in [1.82, 2.24) is 0 Å². The van der Waals surface area contributed by atoms with Crippen LogP contribution < -0.4 is 0 Å². The smallest absolute Gasteiger partial charge is 0.311 e. The maximum absolute atomic E-state index is 12.3. The molecule has 3 unspecified atom stereocenters. The number of rotatable bonds is 6. The Bertz CT molecular complexity index is 731. The van der Waals surface area contributed by atoms with Crippen LogP contribution in [0.15, 0.2) is 47.6 Å². The van der Waals surface area contributed by atoms with E-state index in [1.165, 1.54) is 12.7 Å². The molecule has 1 aromatic carbocycles. The Morgan fingerprint density at radius 2 is 1.83 bits per heavy atom. The summed E-state index contributed by atoms with van der Waals surface area (Å²) in [5.41, 5.74) is 0.974. The van der Waals surface area contributed by atoms with Gasteiger partial charge < -0.3 is 9.84 Å². The van der Waals surface area contributed by atoms with Gasteiger partial charge in [-0.2, -0.15) is 0 Å². The molecule has 3 aliphatic carbocycles. The Kier molecular flexibility index (Phi) is 5.91. The number of hydrogen-bond acceptors (Lipinski definition) is 4. The van der Waals surface area contributed by atoms with Crippen molar-refractivity contribution in [2.75, 3.05) is 7.11 Å². The molecule has 4 heteroatoms. The molecule has 1 aliphatic heterocycles. The number of fused-ring (bicyclic) bond motifs is 3. The molecular weight excluding hydrogens is 362 g/mol. The van der Waals surface area contributed by atoms with E-state index < -0.39 is 0 Å². The fraction of sp³-hybridized carbons (Fsp3) is 0.600. The van der Waals surface area contributed by atoms with Gasteiger partial charge in [-0.15, -0.1) is 0 Å². The number of esters is 1. The number of hydrogen-bond donors (Lipinski definition) is 1.